The third-order valence-electron chi connectivity index (χ3n) is 2.33. The van der Waals surface area contributed by atoms with Crippen LogP contribution in [0.2, 0.25) is 5.02 Å². The quantitative estimate of drug-likeness (QED) is 0.761. The van der Waals surface area contributed by atoms with Gasteiger partial charge in [0.2, 0.25) is 9.74 Å². The SMILES string of the molecule is Cc1nc(NC(=O)Nc2ccc(Cl)cc2)nc(C(Cl)(Cl)Cl)n1. The average molecular weight is 381 g/mol. The second-order valence-electron chi connectivity index (χ2n) is 4.11. The second-order valence-corrected chi connectivity index (χ2v) is 6.83. The molecule has 10 heteroatoms. The summed E-state index contributed by atoms with van der Waals surface area (Å²) in [6.07, 6.45) is 0. The summed E-state index contributed by atoms with van der Waals surface area (Å²) in [7, 11) is 0. The number of halogens is 4. The number of benzene rings is 1. The van der Waals surface area contributed by atoms with Crippen molar-refractivity contribution in [2.24, 2.45) is 0 Å². The van der Waals surface area contributed by atoms with E-state index >= 15 is 0 Å². The molecule has 2 N–H and O–H groups in total. The van der Waals surface area contributed by atoms with E-state index in [-0.39, 0.29) is 11.8 Å². The van der Waals surface area contributed by atoms with Crippen LogP contribution in [0.4, 0.5) is 16.4 Å². The van der Waals surface area contributed by atoms with Crippen LogP contribution < -0.4 is 10.6 Å². The van der Waals surface area contributed by atoms with Gasteiger partial charge < -0.3 is 5.32 Å². The highest BCUT2D eigenvalue weighted by molar-refractivity contribution is 6.66. The van der Waals surface area contributed by atoms with Gasteiger partial charge >= 0.3 is 6.03 Å². The van der Waals surface area contributed by atoms with Gasteiger partial charge in [0.1, 0.15) is 5.82 Å². The molecule has 0 bridgehead atoms. The fraction of sp³-hybridized carbons (Fsp3) is 0.167. The lowest BCUT2D eigenvalue weighted by Gasteiger charge is -2.12. The zero-order valence-corrected chi connectivity index (χ0v) is 14.1. The summed E-state index contributed by atoms with van der Waals surface area (Å²) in [6, 6.07) is 6.03. The van der Waals surface area contributed by atoms with Crippen molar-refractivity contribution in [1.29, 1.82) is 0 Å². The Morgan fingerprint density at radius 3 is 2.27 bits per heavy atom. The fourth-order valence-corrected chi connectivity index (χ4v) is 1.84. The molecule has 0 atom stereocenters. The standard InChI is InChI=1S/C12H9Cl4N5O/c1-6-17-9(12(14,15)16)20-10(18-6)21-11(22)19-8-4-2-7(13)3-5-8/h2-5H,1H3,(H2,17,18,19,20,21,22). The number of urea groups is 1. The lowest BCUT2D eigenvalue weighted by Crippen LogP contribution is -2.22. The van der Waals surface area contributed by atoms with Gasteiger partial charge in [-0.05, 0) is 31.2 Å². The molecule has 0 fully saturated rings. The third-order valence-corrected chi connectivity index (χ3v) is 3.09. The summed E-state index contributed by atoms with van der Waals surface area (Å²) in [4.78, 5) is 23.6. The highest BCUT2D eigenvalue weighted by atomic mass is 35.6. The van der Waals surface area contributed by atoms with Gasteiger partial charge in [0.15, 0.2) is 5.82 Å². The summed E-state index contributed by atoms with van der Waals surface area (Å²) in [6.45, 7) is 1.59. The normalized spacial score (nSPS) is 11.1. The molecule has 1 heterocycles. The minimum atomic E-state index is -1.81. The molecule has 6 nitrogen and oxygen atoms in total. The first kappa shape index (κ1) is 17.0. The number of aromatic nitrogens is 3. The number of hydrogen-bond donors (Lipinski definition) is 2. The van der Waals surface area contributed by atoms with Gasteiger partial charge in [0, 0.05) is 10.7 Å². The predicted octanol–water partition coefficient (Wildman–Crippen LogP) is 4.30. The molecule has 0 aliphatic rings. The summed E-state index contributed by atoms with van der Waals surface area (Å²) in [5, 5.41) is 5.59. The monoisotopic (exact) mass is 379 g/mol. The maximum atomic E-state index is 11.9. The number of rotatable bonds is 2. The van der Waals surface area contributed by atoms with Gasteiger partial charge in [-0.2, -0.15) is 9.97 Å². The number of carbonyl (C=O) groups is 1. The van der Waals surface area contributed by atoms with Crippen molar-refractivity contribution < 1.29 is 4.79 Å². The maximum Gasteiger partial charge on any atom is 0.326 e. The number of aryl methyl sites for hydroxylation is 1. The van der Waals surface area contributed by atoms with Gasteiger partial charge in [0.05, 0.1) is 0 Å². The summed E-state index contributed by atoms with van der Waals surface area (Å²) < 4.78 is -1.81. The number of amides is 2. The molecule has 0 spiro atoms. The van der Waals surface area contributed by atoms with Crippen molar-refractivity contribution in [2.45, 2.75) is 10.7 Å². The second kappa shape index (κ2) is 6.83. The van der Waals surface area contributed by atoms with E-state index in [4.69, 9.17) is 46.4 Å². The summed E-state index contributed by atoms with van der Waals surface area (Å²) in [5.41, 5.74) is 0.550. The Bertz CT molecular complexity index is 687. The van der Waals surface area contributed by atoms with Gasteiger partial charge in [-0.3, -0.25) is 5.32 Å². The van der Waals surface area contributed by atoms with Crippen molar-refractivity contribution in [1.82, 2.24) is 15.0 Å². The minimum absolute atomic E-state index is 0.0275. The van der Waals surface area contributed by atoms with E-state index in [2.05, 4.69) is 25.6 Å². The zero-order chi connectivity index (χ0) is 16.3. The van der Waals surface area contributed by atoms with E-state index in [1.165, 1.54) is 0 Å². The Morgan fingerprint density at radius 1 is 1.05 bits per heavy atom. The van der Waals surface area contributed by atoms with Crippen molar-refractivity contribution in [3.8, 4) is 0 Å². The smallest absolute Gasteiger partial charge is 0.308 e. The first-order valence-corrected chi connectivity index (χ1v) is 7.38. The molecule has 0 unspecified atom stereocenters. The van der Waals surface area contributed by atoms with E-state index in [1.807, 2.05) is 0 Å². The Morgan fingerprint density at radius 2 is 1.68 bits per heavy atom. The van der Waals surface area contributed by atoms with Crippen LogP contribution in [0, 0.1) is 6.92 Å². The summed E-state index contributed by atoms with van der Waals surface area (Å²) >= 11 is 22.9. The molecule has 0 saturated heterocycles. The molecule has 1 aromatic heterocycles. The highest BCUT2D eigenvalue weighted by Crippen LogP contribution is 2.35. The topological polar surface area (TPSA) is 79.8 Å². The zero-order valence-electron chi connectivity index (χ0n) is 11.1. The van der Waals surface area contributed by atoms with Gasteiger partial charge in [-0.15, -0.1) is 0 Å². The van der Waals surface area contributed by atoms with Crippen LogP contribution in [0.3, 0.4) is 0 Å². The first-order valence-electron chi connectivity index (χ1n) is 5.87. The molecule has 2 aromatic rings. The van der Waals surface area contributed by atoms with Gasteiger partial charge in [-0.1, -0.05) is 46.4 Å². The van der Waals surface area contributed by atoms with Crippen LogP contribution in [-0.4, -0.2) is 21.0 Å². The molecule has 116 valence electrons. The molecular weight excluding hydrogens is 372 g/mol. The third kappa shape index (κ3) is 4.84. The van der Waals surface area contributed by atoms with Crippen LogP contribution in [0.15, 0.2) is 24.3 Å². The van der Waals surface area contributed by atoms with E-state index in [9.17, 15) is 4.79 Å². The van der Waals surface area contributed by atoms with Gasteiger partial charge in [-0.25, -0.2) is 9.78 Å². The molecule has 0 radical (unpaired) electrons. The minimum Gasteiger partial charge on any atom is -0.308 e. The molecule has 1 aromatic carbocycles. The number of alkyl halides is 3. The number of nitrogens with one attached hydrogen (secondary N) is 2. The van der Waals surface area contributed by atoms with Crippen molar-refractivity contribution in [3.63, 3.8) is 0 Å². The summed E-state index contributed by atoms with van der Waals surface area (Å²) in [5.74, 6) is 0.199. The lowest BCUT2D eigenvalue weighted by molar-refractivity contribution is 0.262. The Labute approximate surface area is 146 Å². The lowest BCUT2D eigenvalue weighted by atomic mass is 10.3. The molecule has 2 amide bonds. The van der Waals surface area contributed by atoms with E-state index in [1.54, 1.807) is 31.2 Å². The number of carbonyl (C=O) groups excluding carboxylic acids is 1. The van der Waals surface area contributed by atoms with Crippen LogP contribution in [0.5, 0.6) is 0 Å². The fourth-order valence-electron chi connectivity index (χ4n) is 1.46. The maximum absolute atomic E-state index is 11.9. The molecule has 2 rings (SSSR count). The molecule has 0 aliphatic carbocycles. The molecule has 0 aliphatic heterocycles. The Balaban J connectivity index is 2.11. The largest absolute Gasteiger partial charge is 0.326 e. The van der Waals surface area contributed by atoms with Crippen LogP contribution in [0.1, 0.15) is 11.6 Å². The Kier molecular flexibility index (Phi) is 5.28. The van der Waals surface area contributed by atoms with Crippen molar-refractivity contribution in [2.75, 3.05) is 10.6 Å². The van der Waals surface area contributed by atoms with E-state index in [0.29, 0.717) is 16.5 Å². The molecular formula is C12H9Cl4N5O. The Hall–Kier alpha value is -1.34. The first-order chi connectivity index (χ1) is 10.2. The van der Waals surface area contributed by atoms with Gasteiger partial charge in [0.25, 0.3) is 0 Å². The number of nitrogens with zero attached hydrogens (tertiary/aromatic N) is 3. The predicted molar refractivity (Wildman–Crippen MR) is 87.9 cm³/mol. The van der Waals surface area contributed by atoms with E-state index < -0.39 is 9.82 Å². The van der Waals surface area contributed by atoms with Crippen molar-refractivity contribution in [3.05, 3.63) is 40.9 Å². The van der Waals surface area contributed by atoms with Crippen LogP contribution in [0.25, 0.3) is 0 Å². The highest BCUT2D eigenvalue weighted by Gasteiger charge is 2.28. The van der Waals surface area contributed by atoms with Crippen LogP contribution >= 0.6 is 46.4 Å². The van der Waals surface area contributed by atoms with Crippen LogP contribution in [-0.2, 0) is 3.79 Å². The van der Waals surface area contributed by atoms with E-state index in [0.717, 1.165) is 0 Å². The number of hydrogen-bond acceptors (Lipinski definition) is 4. The molecule has 22 heavy (non-hydrogen) atoms. The van der Waals surface area contributed by atoms with Crippen molar-refractivity contribution >= 4 is 64.1 Å². The average Bonchev–Trinajstić information content (AvgIpc) is 2.39. The molecule has 0 saturated carbocycles. The number of anilines is 2.